The zero-order valence-corrected chi connectivity index (χ0v) is 16.7. The number of nitrogens with zero attached hydrogens (tertiary/aromatic N) is 2. The van der Waals surface area contributed by atoms with Crippen molar-refractivity contribution in [1.82, 2.24) is 4.98 Å². The Hall–Kier alpha value is -3.24. The van der Waals surface area contributed by atoms with Crippen LogP contribution in [0.25, 0.3) is 10.6 Å². The minimum atomic E-state index is 0.301. The Kier molecular flexibility index (Phi) is 6.35. The van der Waals surface area contributed by atoms with Gasteiger partial charge in [-0.05, 0) is 37.3 Å². The van der Waals surface area contributed by atoms with Crippen LogP contribution in [0.4, 0.5) is 0 Å². The lowest BCUT2D eigenvalue weighted by atomic mass is 10.2. The number of hydrogen-bond donors (Lipinski definition) is 0. The molecule has 6 nitrogen and oxygen atoms in total. The Labute approximate surface area is 167 Å². The number of ether oxygens (including phenoxy) is 4. The first-order valence-corrected chi connectivity index (χ1v) is 9.53. The van der Waals surface area contributed by atoms with Crippen molar-refractivity contribution in [1.29, 1.82) is 5.26 Å². The molecule has 0 spiro atoms. The summed E-state index contributed by atoms with van der Waals surface area (Å²) in [6.45, 7) is 2.68. The van der Waals surface area contributed by atoms with E-state index in [1.165, 1.54) is 11.3 Å². The minimum absolute atomic E-state index is 0.301. The van der Waals surface area contributed by atoms with Gasteiger partial charge in [0.1, 0.15) is 11.6 Å². The van der Waals surface area contributed by atoms with Gasteiger partial charge in [-0.2, -0.15) is 5.26 Å². The van der Waals surface area contributed by atoms with E-state index in [0.717, 1.165) is 16.3 Å². The summed E-state index contributed by atoms with van der Waals surface area (Å²) in [5.74, 6) is 2.47. The summed E-state index contributed by atoms with van der Waals surface area (Å²) >= 11 is 1.53. The summed E-state index contributed by atoms with van der Waals surface area (Å²) in [6, 6.07) is 12.9. The first-order chi connectivity index (χ1) is 13.7. The molecule has 0 saturated carbocycles. The highest BCUT2D eigenvalue weighted by molar-refractivity contribution is 7.13. The Morgan fingerprint density at radius 3 is 2.46 bits per heavy atom. The van der Waals surface area contributed by atoms with E-state index in [0.29, 0.717) is 41.8 Å². The first kappa shape index (κ1) is 19.5. The molecule has 0 bridgehead atoms. The Morgan fingerprint density at radius 1 is 0.964 bits per heavy atom. The number of aromatic nitrogens is 1. The first-order valence-electron chi connectivity index (χ1n) is 8.65. The molecule has 0 unspecified atom stereocenters. The topological polar surface area (TPSA) is 73.6 Å². The zero-order valence-electron chi connectivity index (χ0n) is 15.9. The number of nitriles is 1. The molecule has 0 N–H and O–H groups in total. The zero-order chi connectivity index (χ0) is 19.9. The molecule has 0 saturated heterocycles. The average Bonchev–Trinajstić information content (AvgIpc) is 3.21. The summed E-state index contributed by atoms with van der Waals surface area (Å²) in [5, 5.41) is 11.9. The molecule has 0 aliphatic heterocycles. The molecule has 0 amide bonds. The fraction of sp³-hybridized carbons (Fsp3) is 0.238. The van der Waals surface area contributed by atoms with Crippen molar-refractivity contribution in [3.63, 3.8) is 0 Å². The number of hydrogen-bond acceptors (Lipinski definition) is 7. The third kappa shape index (κ3) is 4.35. The normalized spacial score (nSPS) is 10.2. The quantitative estimate of drug-likeness (QED) is 0.551. The van der Waals surface area contributed by atoms with Crippen LogP contribution >= 0.6 is 11.3 Å². The van der Waals surface area contributed by atoms with Crippen LogP contribution < -0.4 is 18.9 Å². The predicted octanol–water partition coefficient (Wildman–Crippen LogP) is 4.68. The second-order valence-corrected chi connectivity index (χ2v) is 6.57. The molecule has 3 rings (SSSR count). The lowest BCUT2D eigenvalue weighted by Gasteiger charge is -2.11. The monoisotopic (exact) mass is 396 g/mol. The summed E-state index contributed by atoms with van der Waals surface area (Å²) < 4.78 is 22.1. The molecule has 28 heavy (non-hydrogen) atoms. The molecular formula is C21H20N2O4S. The molecule has 1 heterocycles. The van der Waals surface area contributed by atoms with Gasteiger partial charge < -0.3 is 18.9 Å². The molecule has 0 radical (unpaired) electrons. The van der Waals surface area contributed by atoms with E-state index >= 15 is 0 Å². The summed E-state index contributed by atoms with van der Waals surface area (Å²) in [6.07, 6.45) is 0. The molecule has 2 aromatic carbocycles. The van der Waals surface area contributed by atoms with Gasteiger partial charge >= 0.3 is 0 Å². The van der Waals surface area contributed by atoms with E-state index in [-0.39, 0.29) is 0 Å². The Bertz CT molecular complexity index is 994. The Morgan fingerprint density at radius 2 is 1.75 bits per heavy atom. The van der Waals surface area contributed by atoms with Gasteiger partial charge in [0.25, 0.3) is 0 Å². The largest absolute Gasteiger partial charge is 0.493 e. The predicted molar refractivity (Wildman–Crippen MR) is 107 cm³/mol. The van der Waals surface area contributed by atoms with E-state index in [2.05, 4.69) is 11.1 Å². The number of benzene rings is 2. The fourth-order valence-corrected chi connectivity index (χ4v) is 3.39. The molecule has 3 aromatic rings. The van der Waals surface area contributed by atoms with E-state index < -0.39 is 0 Å². The lowest BCUT2D eigenvalue weighted by molar-refractivity contribution is 0.267. The number of methoxy groups -OCH3 is 2. The standard InChI is InChI=1S/C21H20N2O4S/c1-4-26-20-9-14(11-22)5-7-18(20)27-12-16-13-28-21(23-16)15-6-8-17(24-2)19(10-15)25-3/h5-10,13H,4,12H2,1-3H3. The molecule has 0 aliphatic carbocycles. The molecule has 1 aromatic heterocycles. The van der Waals surface area contributed by atoms with Gasteiger partial charge in [-0.25, -0.2) is 4.98 Å². The van der Waals surface area contributed by atoms with Gasteiger partial charge in [-0.15, -0.1) is 11.3 Å². The fourth-order valence-electron chi connectivity index (χ4n) is 2.59. The van der Waals surface area contributed by atoms with Gasteiger partial charge in [0, 0.05) is 17.0 Å². The molecule has 0 aliphatic rings. The van der Waals surface area contributed by atoms with Crippen molar-refractivity contribution in [2.24, 2.45) is 0 Å². The summed E-state index contributed by atoms with van der Waals surface area (Å²) in [7, 11) is 3.21. The van der Waals surface area contributed by atoms with Crippen LogP contribution in [0.15, 0.2) is 41.8 Å². The van der Waals surface area contributed by atoms with E-state index in [1.54, 1.807) is 32.4 Å². The van der Waals surface area contributed by atoms with Crippen LogP contribution in [0.1, 0.15) is 18.2 Å². The van der Waals surface area contributed by atoms with Crippen LogP contribution in [-0.4, -0.2) is 25.8 Å². The maximum Gasteiger partial charge on any atom is 0.162 e. The van der Waals surface area contributed by atoms with Crippen LogP contribution in [0.5, 0.6) is 23.0 Å². The van der Waals surface area contributed by atoms with Crippen molar-refractivity contribution >= 4 is 11.3 Å². The molecular weight excluding hydrogens is 376 g/mol. The van der Waals surface area contributed by atoms with Crippen LogP contribution in [0, 0.1) is 11.3 Å². The van der Waals surface area contributed by atoms with Crippen LogP contribution in [-0.2, 0) is 6.61 Å². The van der Waals surface area contributed by atoms with E-state index in [9.17, 15) is 0 Å². The summed E-state index contributed by atoms with van der Waals surface area (Å²) in [4.78, 5) is 4.64. The SMILES string of the molecule is CCOc1cc(C#N)ccc1OCc1csc(-c2ccc(OC)c(OC)c2)n1. The van der Waals surface area contributed by atoms with Crippen molar-refractivity contribution in [2.75, 3.05) is 20.8 Å². The van der Waals surface area contributed by atoms with Gasteiger partial charge in [-0.1, -0.05) is 0 Å². The molecule has 0 atom stereocenters. The smallest absolute Gasteiger partial charge is 0.162 e. The van der Waals surface area contributed by atoms with Crippen molar-refractivity contribution in [2.45, 2.75) is 13.5 Å². The average molecular weight is 396 g/mol. The second kappa shape index (κ2) is 9.11. The summed E-state index contributed by atoms with van der Waals surface area (Å²) in [5.41, 5.74) is 2.28. The molecule has 7 heteroatoms. The molecule has 0 fully saturated rings. The van der Waals surface area contributed by atoms with E-state index in [1.807, 2.05) is 30.5 Å². The third-order valence-corrected chi connectivity index (χ3v) is 4.87. The van der Waals surface area contributed by atoms with Gasteiger partial charge in [0.05, 0.1) is 38.2 Å². The number of thiazole rings is 1. The highest BCUT2D eigenvalue weighted by Gasteiger charge is 2.11. The Balaban J connectivity index is 1.75. The highest BCUT2D eigenvalue weighted by Crippen LogP contribution is 2.34. The maximum atomic E-state index is 9.04. The van der Waals surface area contributed by atoms with Gasteiger partial charge in [0.15, 0.2) is 23.0 Å². The third-order valence-electron chi connectivity index (χ3n) is 3.93. The van der Waals surface area contributed by atoms with Crippen molar-refractivity contribution in [3.05, 3.63) is 53.0 Å². The lowest BCUT2D eigenvalue weighted by Crippen LogP contribution is -2.00. The van der Waals surface area contributed by atoms with Crippen LogP contribution in [0.2, 0.25) is 0 Å². The minimum Gasteiger partial charge on any atom is -0.493 e. The molecule has 144 valence electrons. The number of rotatable bonds is 8. The second-order valence-electron chi connectivity index (χ2n) is 5.71. The van der Waals surface area contributed by atoms with Crippen molar-refractivity contribution in [3.8, 4) is 39.6 Å². The van der Waals surface area contributed by atoms with E-state index in [4.69, 9.17) is 24.2 Å². The highest BCUT2D eigenvalue weighted by atomic mass is 32.1. The van der Waals surface area contributed by atoms with Gasteiger partial charge in [0.2, 0.25) is 0 Å². The maximum absolute atomic E-state index is 9.04. The van der Waals surface area contributed by atoms with Crippen molar-refractivity contribution < 1.29 is 18.9 Å². The van der Waals surface area contributed by atoms with Gasteiger partial charge in [-0.3, -0.25) is 0 Å². The van der Waals surface area contributed by atoms with Crippen LogP contribution in [0.3, 0.4) is 0 Å².